The van der Waals surface area contributed by atoms with Crippen LogP contribution >= 0.6 is 11.6 Å². The van der Waals surface area contributed by atoms with Crippen LogP contribution in [0.5, 0.6) is 0 Å². The molecule has 0 saturated carbocycles. The molecule has 23 heavy (non-hydrogen) atoms. The Kier molecular flexibility index (Phi) is 5.57. The van der Waals surface area contributed by atoms with Crippen molar-refractivity contribution in [3.8, 4) is 0 Å². The second-order valence-electron chi connectivity index (χ2n) is 6.65. The zero-order valence-electron chi connectivity index (χ0n) is 13.4. The second kappa shape index (κ2) is 7.65. The lowest BCUT2D eigenvalue weighted by Gasteiger charge is -2.38. The summed E-state index contributed by atoms with van der Waals surface area (Å²) in [6.07, 6.45) is 3.69. The van der Waals surface area contributed by atoms with E-state index in [0.29, 0.717) is 6.54 Å². The molecule has 0 spiro atoms. The molecule has 0 aliphatic carbocycles. The lowest BCUT2D eigenvalue weighted by molar-refractivity contribution is -0.126. The van der Waals surface area contributed by atoms with Crippen LogP contribution in [-0.2, 0) is 14.9 Å². The highest BCUT2D eigenvalue weighted by Crippen LogP contribution is 2.35. The molecule has 0 bridgehead atoms. The first-order valence-corrected chi connectivity index (χ1v) is 8.90. The van der Waals surface area contributed by atoms with Crippen molar-refractivity contribution in [2.24, 2.45) is 5.92 Å². The van der Waals surface area contributed by atoms with Gasteiger partial charge >= 0.3 is 0 Å². The summed E-state index contributed by atoms with van der Waals surface area (Å²) in [6.45, 7) is 4.00. The van der Waals surface area contributed by atoms with Gasteiger partial charge in [-0.2, -0.15) is 0 Å². The Balaban J connectivity index is 1.70. The van der Waals surface area contributed by atoms with E-state index in [1.807, 2.05) is 18.2 Å². The Morgan fingerprint density at radius 2 is 2.04 bits per heavy atom. The van der Waals surface area contributed by atoms with Crippen LogP contribution in [0.3, 0.4) is 0 Å². The van der Waals surface area contributed by atoms with E-state index >= 15 is 0 Å². The molecular formula is C18H25ClN2O2. The quantitative estimate of drug-likeness (QED) is 0.888. The number of nitrogens with one attached hydrogen (secondary N) is 2. The first-order valence-electron chi connectivity index (χ1n) is 8.52. The first-order chi connectivity index (χ1) is 11.2. The van der Waals surface area contributed by atoms with Crippen molar-refractivity contribution >= 4 is 17.5 Å². The van der Waals surface area contributed by atoms with Gasteiger partial charge in [0.15, 0.2) is 0 Å². The van der Waals surface area contributed by atoms with Gasteiger partial charge in [-0.3, -0.25) is 4.79 Å². The van der Waals surface area contributed by atoms with Gasteiger partial charge < -0.3 is 15.4 Å². The number of carbonyl (C=O) groups excluding carboxylic acids is 1. The Labute approximate surface area is 142 Å². The summed E-state index contributed by atoms with van der Waals surface area (Å²) in [5.41, 5.74) is 1.14. The van der Waals surface area contributed by atoms with Crippen LogP contribution in [0.1, 0.15) is 31.2 Å². The first kappa shape index (κ1) is 16.7. The van der Waals surface area contributed by atoms with E-state index in [1.165, 1.54) is 5.56 Å². The molecule has 2 aliphatic heterocycles. The zero-order valence-corrected chi connectivity index (χ0v) is 14.2. The minimum Gasteiger partial charge on any atom is -0.381 e. The number of halogens is 1. The fourth-order valence-electron chi connectivity index (χ4n) is 3.63. The lowest BCUT2D eigenvalue weighted by Crippen LogP contribution is -2.47. The highest BCUT2D eigenvalue weighted by atomic mass is 35.5. The van der Waals surface area contributed by atoms with Crippen LogP contribution in [0.4, 0.5) is 0 Å². The van der Waals surface area contributed by atoms with Gasteiger partial charge in [0.1, 0.15) is 0 Å². The number of ether oxygens (including phenoxy) is 1. The SMILES string of the molecule is O=C(NCC1(c2cccc(Cl)c2)CCOCC1)C1CCNCC1. The largest absolute Gasteiger partial charge is 0.381 e. The van der Waals surface area contributed by atoms with Gasteiger partial charge in [-0.25, -0.2) is 0 Å². The third kappa shape index (κ3) is 4.06. The fraction of sp³-hybridized carbons (Fsp3) is 0.611. The molecule has 2 saturated heterocycles. The standard InChI is InChI=1S/C18H25ClN2O2/c19-16-3-1-2-15(12-16)18(6-10-23-11-7-18)13-21-17(22)14-4-8-20-9-5-14/h1-3,12,14,20H,4-11,13H2,(H,21,22). The van der Waals surface area contributed by atoms with E-state index in [4.69, 9.17) is 16.3 Å². The van der Waals surface area contributed by atoms with Gasteiger partial charge in [0.2, 0.25) is 5.91 Å². The van der Waals surface area contributed by atoms with Crippen molar-refractivity contribution in [2.45, 2.75) is 31.1 Å². The number of hydrogen-bond acceptors (Lipinski definition) is 3. The molecule has 0 radical (unpaired) electrons. The molecule has 1 amide bonds. The van der Waals surface area contributed by atoms with Gasteiger partial charge in [0.05, 0.1) is 0 Å². The summed E-state index contributed by atoms with van der Waals surface area (Å²) in [4.78, 5) is 12.5. The number of piperidine rings is 1. The molecule has 126 valence electrons. The van der Waals surface area contributed by atoms with Gasteiger partial charge in [-0.1, -0.05) is 23.7 Å². The third-order valence-corrected chi connectivity index (χ3v) is 5.43. The van der Waals surface area contributed by atoms with E-state index in [9.17, 15) is 4.79 Å². The minimum atomic E-state index is -0.0638. The smallest absolute Gasteiger partial charge is 0.223 e. The zero-order chi connectivity index (χ0) is 16.1. The normalized spacial score (nSPS) is 21.8. The van der Waals surface area contributed by atoms with Crippen molar-refractivity contribution in [1.29, 1.82) is 0 Å². The van der Waals surface area contributed by atoms with Crippen LogP contribution in [0, 0.1) is 5.92 Å². The molecule has 2 aliphatic rings. The van der Waals surface area contributed by atoms with E-state index < -0.39 is 0 Å². The van der Waals surface area contributed by atoms with Crippen LogP contribution < -0.4 is 10.6 Å². The van der Waals surface area contributed by atoms with Gasteiger partial charge in [-0.05, 0) is 56.5 Å². The molecular weight excluding hydrogens is 312 g/mol. The monoisotopic (exact) mass is 336 g/mol. The van der Waals surface area contributed by atoms with Crippen LogP contribution in [-0.4, -0.2) is 38.8 Å². The second-order valence-corrected chi connectivity index (χ2v) is 7.08. The number of hydrogen-bond donors (Lipinski definition) is 2. The average molecular weight is 337 g/mol. The van der Waals surface area contributed by atoms with E-state index in [-0.39, 0.29) is 17.2 Å². The van der Waals surface area contributed by atoms with E-state index in [2.05, 4.69) is 16.7 Å². The predicted octanol–water partition coefficient (Wildman–Crippen LogP) is 2.50. The van der Waals surface area contributed by atoms with Gasteiger partial charge in [0, 0.05) is 36.1 Å². The van der Waals surface area contributed by atoms with Crippen LogP contribution in [0.2, 0.25) is 5.02 Å². The fourth-order valence-corrected chi connectivity index (χ4v) is 3.82. The molecule has 2 N–H and O–H groups in total. The average Bonchev–Trinajstić information content (AvgIpc) is 2.61. The van der Waals surface area contributed by atoms with Crippen LogP contribution in [0.25, 0.3) is 0 Å². The van der Waals surface area contributed by atoms with Crippen molar-refractivity contribution in [3.63, 3.8) is 0 Å². The summed E-state index contributed by atoms with van der Waals surface area (Å²) in [5.74, 6) is 0.340. The van der Waals surface area contributed by atoms with Gasteiger partial charge in [0.25, 0.3) is 0 Å². The Hall–Kier alpha value is -1.10. The summed E-state index contributed by atoms with van der Waals surface area (Å²) < 4.78 is 5.55. The van der Waals surface area contributed by atoms with Crippen molar-refractivity contribution in [3.05, 3.63) is 34.9 Å². The highest BCUT2D eigenvalue weighted by molar-refractivity contribution is 6.30. The number of amides is 1. The number of benzene rings is 1. The molecule has 1 aromatic rings. The number of carbonyl (C=O) groups is 1. The maximum absolute atomic E-state index is 12.5. The van der Waals surface area contributed by atoms with Crippen molar-refractivity contribution in [2.75, 3.05) is 32.8 Å². The molecule has 2 fully saturated rings. The molecule has 1 aromatic carbocycles. The summed E-state index contributed by atoms with van der Waals surface area (Å²) in [6, 6.07) is 8.03. The summed E-state index contributed by atoms with van der Waals surface area (Å²) in [7, 11) is 0. The van der Waals surface area contributed by atoms with Gasteiger partial charge in [-0.15, -0.1) is 0 Å². The predicted molar refractivity (Wildman–Crippen MR) is 91.8 cm³/mol. The molecule has 0 atom stereocenters. The Bertz CT molecular complexity index is 538. The van der Waals surface area contributed by atoms with Crippen LogP contribution in [0.15, 0.2) is 24.3 Å². The van der Waals surface area contributed by atoms with Crippen molar-refractivity contribution in [1.82, 2.24) is 10.6 Å². The molecule has 2 heterocycles. The Morgan fingerprint density at radius 1 is 1.30 bits per heavy atom. The topological polar surface area (TPSA) is 50.4 Å². The van der Waals surface area contributed by atoms with Crippen molar-refractivity contribution < 1.29 is 9.53 Å². The lowest BCUT2D eigenvalue weighted by atomic mass is 9.74. The van der Waals surface area contributed by atoms with E-state index in [0.717, 1.165) is 57.0 Å². The minimum absolute atomic E-state index is 0.0638. The summed E-state index contributed by atoms with van der Waals surface area (Å²) >= 11 is 6.18. The van der Waals surface area contributed by atoms with E-state index in [1.54, 1.807) is 0 Å². The molecule has 3 rings (SSSR count). The Morgan fingerprint density at radius 3 is 2.74 bits per heavy atom. The maximum atomic E-state index is 12.5. The molecule has 0 unspecified atom stereocenters. The maximum Gasteiger partial charge on any atom is 0.223 e. The molecule has 5 heteroatoms. The number of rotatable bonds is 4. The molecule has 0 aromatic heterocycles. The summed E-state index contributed by atoms with van der Waals surface area (Å²) in [5, 5.41) is 7.27. The third-order valence-electron chi connectivity index (χ3n) is 5.20. The molecule has 4 nitrogen and oxygen atoms in total. The highest BCUT2D eigenvalue weighted by Gasteiger charge is 2.35.